The van der Waals surface area contributed by atoms with Gasteiger partial charge in [-0.05, 0) is 18.6 Å². The fraction of sp³-hybridized carbons (Fsp3) is 0.296. The highest BCUT2D eigenvalue weighted by Crippen LogP contribution is 2.41. The number of hydrogen-bond acceptors (Lipinski definition) is 7. The molecule has 1 amide bonds. The Hall–Kier alpha value is -4.47. The molecule has 2 aromatic heterocycles. The normalized spacial score (nSPS) is 10.8. The number of aromatic nitrogens is 3. The lowest BCUT2D eigenvalue weighted by molar-refractivity contribution is -0.119. The van der Waals surface area contributed by atoms with Gasteiger partial charge in [0.25, 0.3) is 0 Å². The third-order valence-corrected chi connectivity index (χ3v) is 6.01. The lowest BCUT2D eigenvalue weighted by Crippen LogP contribution is -2.33. The van der Waals surface area contributed by atoms with E-state index >= 15 is 0 Å². The van der Waals surface area contributed by atoms with E-state index in [1.807, 2.05) is 42.1 Å². The van der Waals surface area contributed by atoms with Crippen molar-refractivity contribution in [1.29, 1.82) is 0 Å². The molecular formula is C27H30N4O6. The molecule has 0 aliphatic carbocycles. The van der Waals surface area contributed by atoms with E-state index in [4.69, 9.17) is 18.9 Å². The Morgan fingerprint density at radius 3 is 2.35 bits per heavy atom. The van der Waals surface area contributed by atoms with Crippen molar-refractivity contribution < 1.29 is 28.5 Å². The SMILES string of the molecule is CCOC(=O)c1cnn(CC(=O)N(Cc2cn(C)c3ccccc23)c2cc(OC)c(OC)c(OC)c2)c1. The summed E-state index contributed by atoms with van der Waals surface area (Å²) in [5, 5.41) is 5.23. The van der Waals surface area contributed by atoms with Crippen molar-refractivity contribution in [3.05, 3.63) is 66.1 Å². The lowest BCUT2D eigenvalue weighted by Gasteiger charge is -2.25. The molecule has 10 heteroatoms. The minimum Gasteiger partial charge on any atom is -0.493 e. The second-order valence-corrected chi connectivity index (χ2v) is 8.29. The maximum Gasteiger partial charge on any atom is 0.341 e. The van der Waals surface area contributed by atoms with E-state index in [0.29, 0.717) is 22.9 Å². The van der Waals surface area contributed by atoms with Crippen LogP contribution in [0.3, 0.4) is 0 Å². The second kappa shape index (κ2) is 11.1. The van der Waals surface area contributed by atoms with E-state index in [1.54, 1.807) is 24.0 Å². The molecule has 0 bridgehead atoms. The van der Waals surface area contributed by atoms with Crippen LogP contribution in [0.15, 0.2) is 55.0 Å². The van der Waals surface area contributed by atoms with E-state index in [0.717, 1.165) is 16.5 Å². The molecule has 10 nitrogen and oxygen atoms in total. The van der Waals surface area contributed by atoms with E-state index in [9.17, 15) is 9.59 Å². The van der Waals surface area contributed by atoms with Gasteiger partial charge in [-0.3, -0.25) is 9.48 Å². The number of hydrogen-bond donors (Lipinski definition) is 0. The van der Waals surface area contributed by atoms with Crippen molar-refractivity contribution in [2.45, 2.75) is 20.0 Å². The smallest absolute Gasteiger partial charge is 0.341 e. The molecule has 0 unspecified atom stereocenters. The number of ether oxygens (including phenoxy) is 4. The molecule has 0 saturated carbocycles. The number of esters is 1. The average molecular weight is 507 g/mol. The van der Waals surface area contributed by atoms with Crippen molar-refractivity contribution in [2.24, 2.45) is 7.05 Å². The quantitative estimate of drug-likeness (QED) is 0.302. The molecule has 0 spiro atoms. The van der Waals surface area contributed by atoms with Crippen molar-refractivity contribution in [1.82, 2.24) is 14.3 Å². The first-order valence-corrected chi connectivity index (χ1v) is 11.7. The van der Waals surface area contributed by atoms with Gasteiger partial charge in [-0.1, -0.05) is 18.2 Å². The molecule has 0 fully saturated rings. The van der Waals surface area contributed by atoms with Gasteiger partial charge in [-0.15, -0.1) is 0 Å². The van der Waals surface area contributed by atoms with E-state index < -0.39 is 5.97 Å². The van der Waals surface area contributed by atoms with Gasteiger partial charge < -0.3 is 28.4 Å². The van der Waals surface area contributed by atoms with Crippen LogP contribution in [0.4, 0.5) is 5.69 Å². The number of para-hydroxylation sites is 1. The third-order valence-electron chi connectivity index (χ3n) is 6.01. The highest BCUT2D eigenvalue weighted by atomic mass is 16.5. The number of methoxy groups -OCH3 is 3. The Kier molecular flexibility index (Phi) is 7.66. The summed E-state index contributed by atoms with van der Waals surface area (Å²) in [4.78, 5) is 27.4. The fourth-order valence-electron chi connectivity index (χ4n) is 4.26. The summed E-state index contributed by atoms with van der Waals surface area (Å²) in [7, 11) is 6.55. The Morgan fingerprint density at radius 2 is 1.70 bits per heavy atom. The minimum atomic E-state index is -0.488. The number of fused-ring (bicyclic) bond motifs is 1. The lowest BCUT2D eigenvalue weighted by atomic mass is 10.1. The number of carbonyl (C=O) groups excluding carboxylic acids is 2. The number of amides is 1. The highest BCUT2D eigenvalue weighted by Gasteiger charge is 2.24. The van der Waals surface area contributed by atoms with Gasteiger partial charge in [0.1, 0.15) is 6.54 Å². The topological polar surface area (TPSA) is 97.0 Å². The molecule has 0 N–H and O–H groups in total. The standard InChI is InChI=1S/C27H30N4O6/c1-6-37-27(33)18-13-28-30(15-18)17-25(32)31(16-19-14-29(2)22-10-8-7-9-21(19)22)20-11-23(34-3)26(36-5)24(12-20)35-4/h7-15H,6,16-17H2,1-5H3. The van der Waals surface area contributed by atoms with Gasteiger partial charge in [0.05, 0.1) is 51.9 Å². The second-order valence-electron chi connectivity index (χ2n) is 8.29. The van der Waals surface area contributed by atoms with Crippen LogP contribution in [-0.2, 0) is 29.7 Å². The van der Waals surface area contributed by atoms with Crippen molar-refractivity contribution in [3.8, 4) is 17.2 Å². The zero-order chi connectivity index (χ0) is 26.5. The van der Waals surface area contributed by atoms with E-state index in [2.05, 4.69) is 5.10 Å². The van der Waals surface area contributed by atoms with Gasteiger partial charge >= 0.3 is 5.97 Å². The predicted octanol–water partition coefficient (Wildman–Crippen LogP) is 3.81. The number of rotatable bonds is 10. The Balaban J connectivity index is 1.74. The number of anilines is 1. The van der Waals surface area contributed by atoms with Crippen LogP contribution in [0.1, 0.15) is 22.8 Å². The molecule has 2 aromatic carbocycles. The van der Waals surface area contributed by atoms with Gasteiger partial charge in [0.15, 0.2) is 11.5 Å². The maximum absolute atomic E-state index is 13.7. The summed E-state index contributed by atoms with van der Waals surface area (Å²) < 4.78 is 25.0. The van der Waals surface area contributed by atoms with Crippen LogP contribution in [0.2, 0.25) is 0 Å². The molecule has 0 aliphatic rings. The van der Waals surface area contributed by atoms with Crippen LogP contribution in [0.25, 0.3) is 10.9 Å². The molecule has 4 aromatic rings. The van der Waals surface area contributed by atoms with Crippen LogP contribution in [-0.4, -0.2) is 54.2 Å². The first kappa shape index (κ1) is 25.6. The molecule has 194 valence electrons. The Morgan fingerprint density at radius 1 is 1.00 bits per heavy atom. The number of nitrogens with zero attached hydrogens (tertiary/aromatic N) is 4. The summed E-state index contributed by atoms with van der Waals surface area (Å²) >= 11 is 0. The van der Waals surface area contributed by atoms with Crippen molar-refractivity contribution in [2.75, 3.05) is 32.8 Å². The number of carbonyl (C=O) groups is 2. The van der Waals surface area contributed by atoms with Gasteiger partial charge in [0, 0.05) is 42.5 Å². The average Bonchev–Trinajstić information content (AvgIpc) is 3.50. The minimum absolute atomic E-state index is 0.0964. The molecular weight excluding hydrogens is 476 g/mol. The van der Waals surface area contributed by atoms with Crippen LogP contribution >= 0.6 is 0 Å². The van der Waals surface area contributed by atoms with E-state index in [-0.39, 0.29) is 31.2 Å². The fourth-order valence-corrected chi connectivity index (χ4v) is 4.26. The molecule has 0 radical (unpaired) electrons. The van der Waals surface area contributed by atoms with Gasteiger partial charge in [0.2, 0.25) is 11.7 Å². The number of benzene rings is 2. The summed E-state index contributed by atoms with van der Waals surface area (Å²) in [6.45, 7) is 2.17. The number of aryl methyl sites for hydroxylation is 1. The third kappa shape index (κ3) is 5.23. The highest BCUT2D eigenvalue weighted by molar-refractivity contribution is 5.95. The zero-order valence-corrected chi connectivity index (χ0v) is 21.6. The summed E-state index contributed by atoms with van der Waals surface area (Å²) in [6, 6.07) is 11.5. The first-order chi connectivity index (χ1) is 17.9. The maximum atomic E-state index is 13.7. The predicted molar refractivity (Wildman–Crippen MR) is 138 cm³/mol. The van der Waals surface area contributed by atoms with Crippen molar-refractivity contribution in [3.63, 3.8) is 0 Å². The van der Waals surface area contributed by atoms with Crippen molar-refractivity contribution >= 4 is 28.5 Å². The van der Waals surface area contributed by atoms with E-state index in [1.165, 1.54) is 38.4 Å². The molecule has 0 atom stereocenters. The zero-order valence-electron chi connectivity index (χ0n) is 21.6. The molecule has 0 aliphatic heterocycles. The van der Waals surface area contributed by atoms with Gasteiger partial charge in [-0.2, -0.15) is 5.10 Å². The first-order valence-electron chi connectivity index (χ1n) is 11.7. The van der Waals surface area contributed by atoms with Crippen LogP contribution in [0.5, 0.6) is 17.2 Å². The van der Waals surface area contributed by atoms with Gasteiger partial charge in [-0.25, -0.2) is 4.79 Å². The largest absolute Gasteiger partial charge is 0.493 e. The Bertz CT molecular complexity index is 1400. The Labute approximate surface area is 214 Å². The monoisotopic (exact) mass is 506 g/mol. The molecule has 0 saturated heterocycles. The van der Waals surface area contributed by atoms with Crippen LogP contribution < -0.4 is 19.1 Å². The molecule has 37 heavy (non-hydrogen) atoms. The summed E-state index contributed by atoms with van der Waals surface area (Å²) in [5.41, 5.74) is 2.86. The summed E-state index contributed by atoms with van der Waals surface area (Å²) in [6.07, 6.45) is 4.90. The summed E-state index contributed by atoms with van der Waals surface area (Å²) in [5.74, 6) is 0.545. The van der Waals surface area contributed by atoms with Crippen LogP contribution in [0, 0.1) is 0 Å². The molecule has 2 heterocycles. The molecule has 4 rings (SSSR count).